The molecule has 0 atom stereocenters. The summed E-state index contributed by atoms with van der Waals surface area (Å²) in [5.41, 5.74) is 5.18. The van der Waals surface area contributed by atoms with Crippen LogP contribution in [0.15, 0.2) is 0 Å². The quantitative estimate of drug-likeness (QED) is 0.477. The fourth-order valence-corrected chi connectivity index (χ4v) is 4.17. The number of amides is 1. The second kappa shape index (κ2) is 7.91. The van der Waals surface area contributed by atoms with Gasteiger partial charge in [0.1, 0.15) is 0 Å². The van der Waals surface area contributed by atoms with Gasteiger partial charge in [-0.3, -0.25) is 4.79 Å². The summed E-state index contributed by atoms with van der Waals surface area (Å²) < 4.78 is 0. The molecule has 0 saturated heterocycles. The molecule has 2 N–H and O–H groups in total. The van der Waals surface area contributed by atoms with E-state index >= 15 is 0 Å². The van der Waals surface area contributed by atoms with Crippen LogP contribution in [0.3, 0.4) is 0 Å². The Bertz CT molecular complexity index is 180. The molecule has 1 amide bonds. The van der Waals surface area contributed by atoms with Crippen molar-refractivity contribution in [3.8, 4) is 0 Å². The van der Waals surface area contributed by atoms with Crippen molar-refractivity contribution in [2.45, 2.75) is 70.6 Å². The highest BCUT2D eigenvalue weighted by Gasteiger charge is 2.20. The van der Waals surface area contributed by atoms with Gasteiger partial charge in [0.15, 0.2) is 0 Å². The third-order valence-electron chi connectivity index (χ3n) is 3.01. The van der Waals surface area contributed by atoms with E-state index in [1.54, 1.807) is 0 Å². The SMILES string of the molecule is CCCCCCC[Si](C)(C)CCC(N)=O. The average molecular weight is 229 g/mol. The lowest BCUT2D eigenvalue weighted by molar-refractivity contribution is -0.117. The van der Waals surface area contributed by atoms with Gasteiger partial charge in [0, 0.05) is 14.5 Å². The number of unbranched alkanes of at least 4 members (excludes halogenated alkanes) is 4. The van der Waals surface area contributed by atoms with E-state index < -0.39 is 8.07 Å². The van der Waals surface area contributed by atoms with Crippen LogP contribution in [0.1, 0.15) is 45.4 Å². The minimum absolute atomic E-state index is 0.137. The molecule has 15 heavy (non-hydrogen) atoms. The van der Waals surface area contributed by atoms with E-state index in [1.165, 1.54) is 38.1 Å². The lowest BCUT2D eigenvalue weighted by atomic mass is 10.2. The molecule has 2 nitrogen and oxygen atoms in total. The van der Waals surface area contributed by atoms with Crippen molar-refractivity contribution in [2.75, 3.05) is 0 Å². The van der Waals surface area contributed by atoms with Crippen LogP contribution in [0.4, 0.5) is 0 Å². The molecule has 90 valence electrons. The lowest BCUT2D eigenvalue weighted by Gasteiger charge is -2.21. The summed E-state index contributed by atoms with van der Waals surface area (Å²) in [6.45, 7) is 6.98. The zero-order valence-corrected chi connectivity index (χ0v) is 11.6. The van der Waals surface area contributed by atoms with Gasteiger partial charge in [0.25, 0.3) is 0 Å². The predicted octanol–water partition coefficient (Wildman–Crippen LogP) is 3.54. The van der Waals surface area contributed by atoms with E-state index in [1.807, 2.05) is 0 Å². The molecule has 0 spiro atoms. The van der Waals surface area contributed by atoms with Crippen LogP contribution in [-0.2, 0) is 4.79 Å². The fourth-order valence-electron chi connectivity index (χ4n) is 1.79. The van der Waals surface area contributed by atoms with Crippen LogP contribution >= 0.6 is 0 Å². The first kappa shape index (κ1) is 14.7. The maximum Gasteiger partial charge on any atom is 0.217 e. The summed E-state index contributed by atoms with van der Waals surface area (Å²) in [5, 5.41) is 0. The van der Waals surface area contributed by atoms with Crippen molar-refractivity contribution in [1.82, 2.24) is 0 Å². The third-order valence-corrected chi connectivity index (χ3v) is 6.32. The molecule has 3 heteroatoms. The number of primary amides is 1. The average Bonchev–Trinajstić information content (AvgIpc) is 2.15. The number of hydrogen-bond acceptors (Lipinski definition) is 1. The summed E-state index contributed by atoms with van der Waals surface area (Å²) in [4.78, 5) is 10.7. The molecule has 0 aromatic heterocycles. The maximum absolute atomic E-state index is 10.7. The molecule has 0 aromatic carbocycles. The second-order valence-corrected chi connectivity index (χ2v) is 10.6. The Morgan fingerprint density at radius 2 is 1.67 bits per heavy atom. The minimum Gasteiger partial charge on any atom is -0.370 e. The van der Waals surface area contributed by atoms with Crippen molar-refractivity contribution < 1.29 is 4.79 Å². The molecule has 0 fully saturated rings. The zero-order chi connectivity index (χ0) is 11.7. The summed E-state index contributed by atoms with van der Waals surface area (Å²) >= 11 is 0. The van der Waals surface area contributed by atoms with Gasteiger partial charge in [-0.15, -0.1) is 0 Å². The highest BCUT2D eigenvalue weighted by atomic mass is 28.3. The molecular weight excluding hydrogens is 202 g/mol. The van der Waals surface area contributed by atoms with Gasteiger partial charge in [-0.1, -0.05) is 58.2 Å². The van der Waals surface area contributed by atoms with Crippen LogP contribution in [0.2, 0.25) is 25.2 Å². The van der Waals surface area contributed by atoms with Crippen LogP contribution in [0.25, 0.3) is 0 Å². The molecule has 0 heterocycles. The van der Waals surface area contributed by atoms with E-state index in [0.29, 0.717) is 6.42 Å². The zero-order valence-electron chi connectivity index (χ0n) is 10.6. The molecule has 0 radical (unpaired) electrons. The van der Waals surface area contributed by atoms with Crippen LogP contribution in [-0.4, -0.2) is 14.0 Å². The first-order chi connectivity index (χ1) is 6.98. The number of nitrogens with two attached hydrogens (primary N) is 1. The monoisotopic (exact) mass is 229 g/mol. The van der Waals surface area contributed by atoms with E-state index in [9.17, 15) is 4.79 Å². The van der Waals surface area contributed by atoms with Crippen LogP contribution in [0.5, 0.6) is 0 Å². The fraction of sp³-hybridized carbons (Fsp3) is 0.917. The Labute approximate surface area is 95.6 Å². The molecule has 0 aliphatic carbocycles. The van der Waals surface area contributed by atoms with Gasteiger partial charge in [0.05, 0.1) is 0 Å². The molecule has 0 aliphatic heterocycles. The van der Waals surface area contributed by atoms with Crippen molar-refractivity contribution in [3.05, 3.63) is 0 Å². The van der Waals surface area contributed by atoms with Gasteiger partial charge in [-0.25, -0.2) is 0 Å². The number of carbonyl (C=O) groups is 1. The minimum atomic E-state index is -1.13. The molecule has 0 bridgehead atoms. The molecular formula is C12H27NOSi. The van der Waals surface area contributed by atoms with Crippen molar-refractivity contribution in [1.29, 1.82) is 0 Å². The normalized spacial score (nSPS) is 11.7. The second-order valence-electron chi connectivity index (χ2n) is 5.29. The van der Waals surface area contributed by atoms with Gasteiger partial charge >= 0.3 is 0 Å². The Balaban J connectivity index is 3.50. The standard InChI is InChI=1S/C12H27NOSi/c1-4-5-6-7-8-10-15(2,3)11-9-12(13)14/h4-11H2,1-3H3,(H2,13,14). The van der Waals surface area contributed by atoms with Gasteiger partial charge in [-0.2, -0.15) is 0 Å². The van der Waals surface area contributed by atoms with Gasteiger partial charge < -0.3 is 5.73 Å². The Morgan fingerprint density at radius 3 is 2.20 bits per heavy atom. The number of rotatable bonds is 9. The maximum atomic E-state index is 10.7. The summed E-state index contributed by atoms with van der Waals surface area (Å²) in [7, 11) is -1.13. The highest BCUT2D eigenvalue weighted by molar-refractivity contribution is 6.77. The molecule has 0 aromatic rings. The Morgan fingerprint density at radius 1 is 1.07 bits per heavy atom. The topological polar surface area (TPSA) is 43.1 Å². The first-order valence-corrected chi connectivity index (χ1v) is 9.67. The van der Waals surface area contributed by atoms with Crippen LogP contribution < -0.4 is 5.73 Å². The molecule has 0 aliphatic rings. The molecule has 0 rings (SSSR count). The molecule has 0 unspecified atom stereocenters. The van der Waals surface area contributed by atoms with E-state index in [-0.39, 0.29) is 5.91 Å². The lowest BCUT2D eigenvalue weighted by Crippen LogP contribution is -2.27. The Kier molecular flexibility index (Phi) is 7.75. The number of carbonyl (C=O) groups excluding carboxylic acids is 1. The van der Waals surface area contributed by atoms with E-state index in [4.69, 9.17) is 5.73 Å². The first-order valence-electron chi connectivity index (χ1n) is 6.26. The van der Waals surface area contributed by atoms with E-state index in [0.717, 1.165) is 6.04 Å². The van der Waals surface area contributed by atoms with Crippen molar-refractivity contribution in [3.63, 3.8) is 0 Å². The largest absolute Gasteiger partial charge is 0.370 e. The third kappa shape index (κ3) is 9.98. The Hall–Kier alpha value is -0.313. The van der Waals surface area contributed by atoms with Crippen molar-refractivity contribution >= 4 is 14.0 Å². The predicted molar refractivity (Wildman–Crippen MR) is 69.7 cm³/mol. The van der Waals surface area contributed by atoms with Crippen LogP contribution in [0, 0.1) is 0 Å². The van der Waals surface area contributed by atoms with Crippen molar-refractivity contribution in [2.24, 2.45) is 5.73 Å². The smallest absolute Gasteiger partial charge is 0.217 e. The van der Waals surface area contributed by atoms with Gasteiger partial charge in [0.2, 0.25) is 5.91 Å². The number of hydrogen-bond donors (Lipinski definition) is 1. The summed E-state index contributed by atoms with van der Waals surface area (Å²) in [5.74, 6) is -0.137. The van der Waals surface area contributed by atoms with E-state index in [2.05, 4.69) is 20.0 Å². The summed E-state index contributed by atoms with van der Waals surface area (Å²) in [6, 6.07) is 2.42. The van der Waals surface area contributed by atoms with Gasteiger partial charge in [-0.05, 0) is 6.04 Å². The highest BCUT2D eigenvalue weighted by Crippen LogP contribution is 2.21. The molecule has 0 saturated carbocycles. The summed E-state index contributed by atoms with van der Waals surface area (Å²) in [6.07, 6.45) is 7.34.